The highest BCUT2D eigenvalue weighted by Crippen LogP contribution is 2.23. The summed E-state index contributed by atoms with van der Waals surface area (Å²) in [6.45, 7) is 3.52. The molecule has 1 rings (SSSR count). The molecule has 0 aromatic heterocycles. The van der Waals surface area contributed by atoms with E-state index < -0.39 is 12.0 Å². The van der Waals surface area contributed by atoms with Crippen LogP contribution >= 0.6 is 0 Å². The van der Waals surface area contributed by atoms with Crippen LogP contribution in [0.5, 0.6) is 0 Å². The lowest BCUT2D eigenvalue weighted by molar-refractivity contribution is -0.139. The number of aliphatic carboxylic acids is 1. The Kier molecular flexibility index (Phi) is 4.35. The maximum atomic E-state index is 10.6. The third-order valence-electron chi connectivity index (χ3n) is 2.94. The highest BCUT2D eigenvalue weighted by molar-refractivity contribution is 5.73. The standard InChI is InChI=1S/C10H19NO3/c1-7(9(11)10(12)13)6-8-2-4-14-5-3-8/h7-9H,2-6,11H2,1H3,(H,12,13). The Morgan fingerprint density at radius 1 is 1.57 bits per heavy atom. The molecule has 1 aliphatic rings. The van der Waals surface area contributed by atoms with E-state index in [1.165, 1.54) is 0 Å². The number of carboxylic acid groups (broad SMARTS) is 1. The fourth-order valence-corrected chi connectivity index (χ4v) is 1.90. The van der Waals surface area contributed by atoms with E-state index in [-0.39, 0.29) is 5.92 Å². The van der Waals surface area contributed by atoms with Crippen LogP contribution in [0.2, 0.25) is 0 Å². The van der Waals surface area contributed by atoms with Crippen molar-refractivity contribution in [2.75, 3.05) is 13.2 Å². The molecule has 3 N–H and O–H groups in total. The molecule has 14 heavy (non-hydrogen) atoms. The summed E-state index contributed by atoms with van der Waals surface area (Å²) in [5, 5.41) is 8.73. The van der Waals surface area contributed by atoms with E-state index in [2.05, 4.69) is 0 Å². The minimum Gasteiger partial charge on any atom is -0.480 e. The van der Waals surface area contributed by atoms with Crippen molar-refractivity contribution in [2.45, 2.75) is 32.2 Å². The van der Waals surface area contributed by atoms with Crippen LogP contribution in [0.4, 0.5) is 0 Å². The Morgan fingerprint density at radius 3 is 2.64 bits per heavy atom. The molecule has 0 bridgehead atoms. The van der Waals surface area contributed by atoms with Gasteiger partial charge in [0.15, 0.2) is 0 Å². The first kappa shape index (κ1) is 11.5. The molecule has 4 heteroatoms. The van der Waals surface area contributed by atoms with Gasteiger partial charge in [0.1, 0.15) is 6.04 Å². The highest BCUT2D eigenvalue weighted by atomic mass is 16.5. The second-order valence-electron chi connectivity index (χ2n) is 4.13. The van der Waals surface area contributed by atoms with Gasteiger partial charge in [0.05, 0.1) is 0 Å². The molecule has 0 aromatic carbocycles. The van der Waals surface area contributed by atoms with Gasteiger partial charge in [-0.15, -0.1) is 0 Å². The maximum absolute atomic E-state index is 10.6. The monoisotopic (exact) mass is 201 g/mol. The SMILES string of the molecule is CC(CC1CCOCC1)C(N)C(=O)O. The van der Waals surface area contributed by atoms with Gasteiger partial charge in [0.2, 0.25) is 0 Å². The Balaban J connectivity index is 2.31. The van der Waals surface area contributed by atoms with E-state index in [4.69, 9.17) is 15.6 Å². The molecule has 1 heterocycles. The zero-order chi connectivity index (χ0) is 10.6. The summed E-state index contributed by atoms with van der Waals surface area (Å²) in [4.78, 5) is 10.6. The van der Waals surface area contributed by atoms with Crippen molar-refractivity contribution in [1.29, 1.82) is 0 Å². The zero-order valence-electron chi connectivity index (χ0n) is 8.61. The summed E-state index contributed by atoms with van der Waals surface area (Å²) in [6.07, 6.45) is 2.98. The van der Waals surface area contributed by atoms with Gasteiger partial charge in [-0.25, -0.2) is 0 Å². The van der Waals surface area contributed by atoms with Crippen molar-refractivity contribution in [2.24, 2.45) is 17.6 Å². The zero-order valence-corrected chi connectivity index (χ0v) is 8.61. The third-order valence-corrected chi connectivity index (χ3v) is 2.94. The first-order valence-electron chi connectivity index (χ1n) is 5.17. The normalized spacial score (nSPS) is 23.0. The van der Waals surface area contributed by atoms with Gasteiger partial charge in [0.25, 0.3) is 0 Å². The molecule has 0 aliphatic carbocycles. The molecule has 2 unspecified atom stereocenters. The smallest absolute Gasteiger partial charge is 0.320 e. The molecular weight excluding hydrogens is 182 g/mol. The van der Waals surface area contributed by atoms with Gasteiger partial charge in [-0.05, 0) is 31.1 Å². The van der Waals surface area contributed by atoms with Gasteiger partial charge in [-0.3, -0.25) is 4.79 Å². The second kappa shape index (κ2) is 5.32. The van der Waals surface area contributed by atoms with E-state index in [9.17, 15) is 4.79 Å². The first-order valence-corrected chi connectivity index (χ1v) is 5.17. The maximum Gasteiger partial charge on any atom is 0.320 e. The molecule has 4 nitrogen and oxygen atoms in total. The summed E-state index contributed by atoms with van der Waals surface area (Å²) in [7, 11) is 0. The Hall–Kier alpha value is -0.610. The summed E-state index contributed by atoms with van der Waals surface area (Å²) in [5.74, 6) is -0.260. The second-order valence-corrected chi connectivity index (χ2v) is 4.13. The topological polar surface area (TPSA) is 72.5 Å². The average Bonchev–Trinajstić information content (AvgIpc) is 2.18. The fraction of sp³-hybridized carbons (Fsp3) is 0.900. The molecule has 0 spiro atoms. The fourth-order valence-electron chi connectivity index (χ4n) is 1.90. The van der Waals surface area contributed by atoms with E-state index in [1.54, 1.807) is 0 Å². The molecule has 0 amide bonds. The molecule has 0 aromatic rings. The number of carboxylic acids is 1. The molecule has 1 aliphatic heterocycles. The van der Waals surface area contributed by atoms with Gasteiger partial charge < -0.3 is 15.6 Å². The van der Waals surface area contributed by atoms with E-state index in [0.717, 1.165) is 32.5 Å². The minimum absolute atomic E-state index is 0.0515. The van der Waals surface area contributed by atoms with Crippen molar-refractivity contribution < 1.29 is 14.6 Å². The van der Waals surface area contributed by atoms with Crippen molar-refractivity contribution in [1.82, 2.24) is 0 Å². The summed E-state index contributed by atoms with van der Waals surface area (Å²) in [5.41, 5.74) is 5.55. The first-order chi connectivity index (χ1) is 6.61. The van der Waals surface area contributed by atoms with Crippen molar-refractivity contribution in [3.63, 3.8) is 0 Å². The predicted molar refractivity (Wildman–Crippen MR) is 52.9 cm³/mol. The average molecular weight is 201 g/mol. The molecule has 1 fully saturated rings. The molecule has 0 saturated carbocycles. The van der Waals surface area contributed by atoms with Gasteiger partial charge in [-0.2, -0.15) is 0 Å². The molecule has 1 saturated heterocycles. The van der Waals surface area contributed by atoms with E-state index in [1.807, 2.05) is 6.92 Å². The van der Waals surface area contributed by atoms with Crippen LogP contribution in [-0.2, 0) is 9.53 Å². The minimum atomic E-state index is -0.899. The predicted octanol–water partition coefficient (Wildman–Crippen LogP) is 0.851. The lowest BCUT2D eigenvalue weighted by atomic mass is 9.86. The van der Waals surface area contributed by atoms with E-state index >= 15 is 0 Å². The largest absolute Gasteiger partial charge is 0.480 e. The number of hydrogen-bond donors (Lipinski definition) is 2. The van der Waals surface area contributed by atoms with Crippen molar-refractivity contribution in [3.05, 3.63) is 0 Å². The number of ether oxygens (including phenoxy) is 1. The van der Waals surface area contributed by atoms with Crippen LogP contribution in [-0.4, -0.2) is 30.3 Å². The van der Waals surface area contributed by atoms with Crippen LogP contribution in [0.3, 0.4) is 0 Å². The van der Waals surface area contributed by atoms with Crippen LogP contribution in [0, 0.1) is 11.8 Å². The number of rotatable bonds is 4. The number of hydrogen-bond acceptors (Lipinski definition) is 3. The molecule has 82 valence electrons. The summed E-state index contributed by atoms with van der Waals surface area (Å²) >= 11 is 0. The van der Waals surface area contributed by atoms with Crippen molar-refractivity contribution in [3.8, 4) is 0 Å². The van der Waals surface area contributed by atoms with Crippen molar-refractivity contribution >= 4 is 5.97 Å². The van der Waals surface area contributed by atoms with Crippen LogP contribution < -0.4 is 5.73 Å². The Morgan fingerprint density at radius 2 is 2.14 bits per heavy atom. The lowest BCUT2D eigenvalue weighted by Gasteiger charge is -2.26. The van der Waals surface area contributed by atoms with Crippen LogP contribution in [0.25, 0.3) is 0 Å². The van der Waals surface area contributed by atoms with Crippen LogP contribution in [0.15, 0.2) is 0 Å². The van der Waals surface area contributed by atoms with Gasteiger partial charge in [0, 0.05) is 13.2 Å². The van der Waals surface area contributed by atoms with Gasteiger partial charge >= 0.3 is 5.97 Å². The summed E-state index contributed by atoms with van der Waals surface area (Å²) < 4.78 is 5.24. The molecular formula is C10H19NO3. The summed E-state index contributed by atoms with van der Waals surface area (Å²) in [6, 6.07) is -0.724. The molecule has 2 atom stereocenters. The Labute approximate surface area is 84.4 Å². The highest BCUT2D eigenvalue weighted by Gasteiger charge is 2.24. The Bertz CT molecular complexity index is 190. The van der Waals surface area contributed by atoms with Crippen LogP contribution in [0.1, 0.15) is 26.2 Å². The van der Waals surface area contributed by atoms with Gasteiger partial charge in [-0.1, -0.05) is 6.92 Å². The van der Waals surface area contributed by atoms with E-state index in [0.29, 0.717) is 5.92 Å². The number of carbonyl (C=O) groups is 1. The number of nitrogens with two attached hydrogens (primary N) is 1. The third kappa shape index (κ3) is 3.27. The quantitative estimate of drug-likeness (QED) is 0.707. The lowest BCUT2D eigenvalue weighted by Crippen LogP contribution is -2.38. The molecule has 0 radical (unpaired) electrons.